The van der Waals surface area contributed by atoms with Crippen molar-refractivity contribution in [2.45, 2.75) is 38.6 Å². The van der Waals surface area contributed by atoms with Crippen molar-refractivity contribution >= 4 is 21.7 Å². The third kappa shape index (κ3) is 4.31. The van der Waals surface area contributed by atoms with E-state index in [0.717, 1.165) is 5.56 Å². The molecule has 1 saturated heterocycles. The molecule has 148 valence electrons. The molecule has 1 aromatic rings. The molecule has 1 N–H and O–H groups in total. The zero-order valence-corrected chi connectivity index (χ0v) is 16.2. The monoisotopic (exact) mass is 396 g/mol. The van der Waals surface area contributed by atoms with Crippen molar-refractivity contribution in [2.75, 3.05) is 24.6 Å². The van der Waals surface area contributed by atoms with E-state index in [0.29, 0.717) is 38.8 Å². The van der Waals surface area contributed by atoms with Gasteiger partial charge in [-0.05, 0) is 50.3 Å². The summed E-state index contributed by atoms with van der Waals surface area (Å²) in [4.78, 5) is 27.2. The van der Waals surface area contributed by atoms with Gasteiger partial charge in [-0.15, -0.1) is 0 Å². The standard InChI is InChI=1S/C19H25FN2O4S/c1-2-22(16-8-12-27(25,26)13-16)18(24)19(9-10-19)17(23)21-11-7-14-3-5-15(20)6-4-14/h3-6,16H,2,7-13H2,1H3,(H,21,23). The van der Waals surface area contributed by atoms with Gasteiger partial charge in [-0.2, -0.15) is 0 Å². The average molecular weight is 396 g/mol. The molecule has 3 rings (SSSR count). The Morgan fingerprint density at radius 2 is 1.93 bits per heavy atom. The van der Waals surface area contributed by atoms with E-state index in [1.54, 1.807) is 17.0 Å². The molecule has 6 nitrogen and oxygen atoms in total. The van der Waals surface area contributed by atoms with Crippen LogP contribution in [0.1, 0.15) is 31.7 Å². The quantitative estimate of drug-likeness (QED) is 0.704. The van der Waals surface area contributed by atoms with E-state index < -0.39 is 15.3 Å². The molecule has 1 aromatic carbocycles. The van der Waals surface area contributed by atoms with Crippen molar-refractivity contribution in [3.05, 3.63) is 35.6 Å². The molecule has 2 amide bonds. The number of benzene rings is 1. The predicted molar refractivity (Wildman–Crippen MR) is 99.2 cm³/mol. The highest BCUT2D eigenvalue weighted by Crippen LogP contribution is 2.48. The molecule has 1 unspecified atom stereocenters. The first kappa shape index (κ1) is 19.8. The van der Waals surface area contributed by atoms with Crippen molar-refractivity contribution in [3.8, 4) is 0 Å². The number of hydrogen-bond acceptors (Lipinski definition) is 4. The topological polar surface area (TPSA) is 83.6 Å². The van der Waals surface area contributed by atoms with Crippen molar-refractivity contribution in [1.82, 2.24) is 10.2 Å². The highest BCUT2D eigenvalue weighted by Gasteiger charge is 2.58. The van der Waals surface area contributed by atoms with Crippen LogP contribution >= 0.6 is 0 Å². The van der Waals surface area contributed by atoms with Crippen LogP contribution in [0.4, 0.5) is 4.39 Å². The van der Waals surface area contributed by atoms with Gasteiger partial charge in [-0.1, -0.05) is 12.1 Å². The fourth-order valence-electron chi connectivity index (χ4n) is 3.67. The molecule has 0 radical (unpaired) electrons. The Morgan fingerprint density at radius 3 is 2.44 bits per heavy atom. The summed E-state index contributed by atoms with van der Waals surface area (Å²) in [6.07, 6.45) is 1.97. The van der Waals surface area contributed by atoms with Crippen molar-refractivity contribution in [2.24, 2.45) is 5.41 Å². The number of halogens is 1. The lowest BCUT2D eigenvalue weighted by molar-refractivity contribution is -0.145. The Hall–Kier alpha value is -1.96. The van der Waals surface area contributed by atoms with Crippen LogP contribution in [0.25, 0.3) is 0 Å². The smallest absolute Gasteiger partial charge is 0.238 e. The zero-order valence-electron chi connectivity index (χ0n) is 15.4. The molecule has 2 aliphatic rings. The van der Waals surface area contributed by atoms with E-state index in [1.165, 1.54) is 12.1 Å². The minimum atomic E-state index is -3.10. The van der Waals surface area contributed by atoms with Gasteiger partial charge in [-0.3, -0.25) is 9.59 Å². The van der Waals surface area contributed by atoms with E-state index in [-0.39, 0.29) is 35.2 Å². The molecule has 0 spiro atoms. The summed E-state index contributed by atoms with van der Waals surface area (Å²) in [5.41, 5.74) is -0.148. The van der Waals surface area contributed by atoms with Crippen molar-refractivity contribution in [1.29, 1.82) is 0 Å². The van der Waals surface area contributed by atoms with Gasteiger partial charge >= 0.3 is 0 Å². The van der Waals surface area contributed by atoms with Crippen LogP contribution in [0.15, 0.2) is 24.3 Å². The number of nitrogens with one attached hydrogen (secondary N) is 1. The fourth-order valence-corrected chi connectivity index (χ4v) is 5.40. The van der Waals surface area contributed by atoms with Crippen LogP contribution in [-0.2, 0) is 25.8 Å². The third-order valence-corrected chi connectivity index (χ3v) is 7.21. The Bertz CT molecular complexity index is 819. The fraction of sp³-hybridized carbons (Fsp3) is 0.579. The molecule has 0 bridgehead atoms. The lowest BCUT2D eigenvalue weighted by atomic mass is 10.0. The van der Waals surface area contributed by atoms with Crippen molar-refractivity contribution in [3.63, 3.8) is 0 Å². The molecule has 1 aliphatic heterocycles. The van der Waals surface area contributed by atoms with E-state index in [2.05, 4.69) is 5.32 Å². The SMILES string of the molecule is CCN(C(=O)C1(C(=O)NCCc2ccc(F)cc2)CC1)C1CCS(=O)(=O)C1. The number of rotatable bonds is 7. The van der Waals surface area contributed by atoms with Gasteiger partial charge in [0.1, 0.15) is 11.2 Å². The first-order valence-corrected chi connectivity index (χ1v) is 11.1. The normalized spacial score (nSPS) is 22.2. The summed E-state index contributed by atoms with van der Waals surface area (Å²) in [6.45, 7) is 2.57. The summed E-state index contributed by atoms with van der Waals surface area (Å²) in [5.74, 6) is -0.785. The molecule has 1 atom stereocenters. The second-order valence-corrected chi connectivity index (χ2v) is 9.59. The summed E-state index contributed by atoms with van der Waals surface area (Å²) in [7, 11) is -3.10. The first-order chi connectivity index (χ1) is 12.8. The van der Waals surface area contributed by atoms with Gasteiger partial charge in [0.15, 0.2) is 9.84 Å². The van der Waals surface area contributed by atoms with Crippen LogP contribution in [0.3, 0.4) is 0 Å². The van der Waals surface area contributed by atoms with Crippen LogP contribution in [-0.4, -0.2) is 55.8 Å². The van der Waals surface area contributed by atoms with Crippen LogP contribution in [0.2, 0.25) is 0 Å². The molecule has 0 aromatic heterocycles. The molecule has 1 saturated carbocycles. The molecular formula is C19H25FN2O4S. The lowest BCUT2D eigenvalue weighted by Gasteiger charge is -2.30. The van der Waals surface area contributed by atoms with E-state index in [9.17, 15) is 22.4 Å². The molecule has 1 aliphatic carbocycles. The number of nitrogens with zero attached hydrogens (tertiary/aromatic N) is 1. The van der Waals surface area contributed by atoms with Crippen molar-refractivity contribution < 1.29 is 22.4 Å². The Kier molecular flexibility index (Phi) is 5.55. The second-order valence-electron chi connectivity index (χ2n) is 7.36. The number of carbonyl (C=O) groups is 2. The summed E-state index contributed by atoms with van der Waals surface area (Å²) >= 11 is 0. The van der Waals surface area contributed by atoms with Gasteiger partial charge in [0.25, 0.3) is 0 Å². The Morgan fingerprint density at radius 1 is 1.26 bits per heavy atom. The summed E-state index contributed by atoms with van der Waals surface area (Å²) < 4.78 is 36.4. The Labute approximate surface area is 159 Å². The zero-order chi connectivity index (χ0) is 19.7. The average Bonchev–Trinajstić information content (AvgIpc) is 3.36. The maximum Gasteiger partial charge on any atom is 0.238 e. The summed E-state index contributed by atoms with van der Waals surface area (Å²) in [6, 6.07) is 5.74. The third-order valence-electron chi connectivity index (χ3n) is 5.46. The van der Waals surface area contributed by atoms with E-state index in [4.69, 9.17) is 0 Å². The Balaban J connectivity index is 1.58. The molecule has 1 heterocycles. The molecule has 2 fully saturated rings. The van der Waals surface area contributed by atoms with Gasteiger partial charge in [0.05, 0.1) is 11.5 Å². The maximum atomic E-state index is 13.0. The molecular weight excluding hydrogens is 371 g/mol. The highest BCUT2D eigenvalue weighted by atomic mass is 32.2. The van der Waals surface area contributed by atoms with Gasteiger partial charge < -0.3 is 10.2 Å². The number of hydrogen-bond donors (Lipinski definition) is 1. The minimum absolute atomic E-state index is 0.0190. The van der Waals surface area contributed by atoms with Gasteiger partial charge in [0, 0.05) is 19.1 Å². The van der Waals surface area contributed by atoms with Gasteiger partial charge in [-0.25, -0.2) is 12.8 Å². The van der Waals surface area contributed by atoms with Crippen LogP contribution in [0.5, 0.6) is 0 Å². The molecule has 8 heteroatoms. The lowest BCUT2D eigenvalue weighted by Crippen LogP contribution is -2.49. The van der Waals surface area contributed by atoms with E-state index in [1.807, 2.05) is 6.92 Å². The molecule has 27 heavy (non-hydrogen) atoms. The highest BCUT2D eigenvalue weighted by molar-refractivity contribution is 7.91. The maximum absolute atomic E-state index is 13.0. The second kappa shape index (κ2) is 7.58. The largest absolute Gasteiger partial charge is 0.355 e. The van der Waals surface area contributed by atoms with E-state index >= 15 is 0 Å². The minimum Gasteiger partial charge on any atom is -0.355 e. The van der Waals surface area contributed by atoms with Gasteiger partial charge in [0.2, 0.25) is 11.8 Å². The van der Waals surface area contributed by atoms with Crippen LogP contribution in [0, 0.1) is 11.2 Å². The number of carbonyl (C=O) groups excluding carboxylic acids is 2. The summed E-state index contributed by atoms with van der Waals surface area (Å²) in [5, 5.41) is 2.82. The first-order valence-electron chi connectivity index (χ1n) is 9.32. The predicted octanol–water partition coefficient (Wildman–Crippen LogP) is 1.30. The number of sulfone groups is 1. The number of amides is 2. The van der Waals surface area contributed by atoms with Crippen LogP contribution < -0.4 is 5.32 Å².